The fraction of sp³-hybridized carbons (Fsp3) is 0.533. The van der Waals surface area contributed by atoms with Crippen molar-refractivity contribution < 1.29 is 14.9 Å². The van der Waals surface area contributed by atoms with Gasteiger partial charge in [0.2, 0.25) is 0 Å². The normalized spacial score (nSPS) is 16.0. The zero-order valence-corrected chi connectivity index (χ0v) is 13.1. The highest BCUT2D eigenvalue weighted by atomic mass is 32.1. The number of aromatic hydroxyl groups is 1. The van der Waals surface area contributed by atoms with E-state index in [9.17, 15) is 5.11 Å². The minimum atomic E-state index is 0.135. The minimum Gasteiger partial charge on any atom is -0.504 e. The molecule has 0 radical (unpaired) electrons. The molecule has 1 aliphatic heterocycles. The van der Waals surface area contributed by atoms with E-state index < -0.39 is 0 Å². The monoisotopic (exact) mass is 310 g/mol. The third-order valence-electron chi connectivity index (χ3n) is 3.58. The first-order chi connectivity index (χ1) is 10.2. The number of phenols is 1. The molecule has 0 aliphatic carbocycles. The van der Waals surface area contributed by atoms with Crippen LogP contribution in [0.4, 0.5) is 0 Å². The first-order valence-electron chi connectivity index (χ1n) is 7.24. The van der Waals surface area contributed by atoms with Crippen LogP contribution >= 0.6 is 12.2 Å². The van der Waals surface area contributed by atoms with Crippen LogP contribution in [0.25, 0.3) is 0 Å². The van der Waals surface area contributed by atoms with Gasteiger partial charge in [0.25, 0.3) is 0 Å². The van der Waals surface area contributed by atoms with Gasteiger partial charge in [0.1, 0.15) is 4.99 Å². The number of aliphatic hydroxyl groups excluding tert-OH is 1. The van der Waals surface area contributed by atoms with Gasteiger partial charge in [-0.05, 0) is 25.1 Å². The highest BCUT2D eigenvalue weighted by molar-refractivity contribution is 7.80. The number of aliphatic hydroxyl groups is 1. The molecule has 0 aromatic heterocycles. The van der Waals surface area contributed by atoms with Crippen LogP contribution in [-0.2, 0) is 0 Å². The van der Waals surface area contributed by atoms with E-state index in [2.05, 4.69) is 9.80 Å². The Hall–Kier alpha value is -1.37. The van der Waals surface area contributed by atoms with Crippen molar-refractivity contribution in [1.29, 1.82) is 0 Å². The van der Waals surface area contributed by atoms with Gasteiger partial charge in [0.15, 0.2) is 11.5 Å². The molecule has 1 heterocycles. The maximum absolute atomic E-state index is 9.74. The summed E-state index contributed by atoms with van der Waals surface area (Å²) in [4.78, 5) is 5.16. The molecule has 1 aliphatic rings. The van der Waals surface area contributed by atoms with Gasteiger partial charge in [-0.1, -0.05) is 12.2 Å². The van der Waals surface area contributed by atoms with Crippen molar-refractivity contribution in [2.75, 3.05) is 45.9 Å². The van der Waals surface area contributed by atoms with E-state index in [-0.39, 0.29) is 12.4 Å². The molecule has 116 valence electrons. The highest BCUT2D eigenvalue weighted by Gasteiger charge is 2.20. The van der Waals surface area contributed by atoms with Crippen LogP contribution in [0.15, 0.2) is 18.2 Å². The Morgan fingerprint density at radius 3 is 2.62 bits per heavy atom. The number of hydrogen-bond acceptors (Lipinski definition) is 5. The Bertz CT molecular complexity index is 488. The second-order valence-electron chi connectivity index (χ2n) is 4.97. The smallest absolute Gasteiger partial charge is 0.161 e. The number of β-amino-alcohol motifs (C(OH)–C–C–N with tert-alkyl or cyclic N) is 1. The summed E-state index contributed by atoms with van der Waals surface area (Å²) < 4.78 is 5.40. The number of rotatable bonds is 5. The van der Waals surface area contributed by atoms with E-state index in [4.69, 9.17) is 22.1 Å². The van der Waals surface area contributed by atoms with Crippen molar-refractivity contribution in [1.82, 2.24) is 9.80 Å². The van der Waals surface area contributed by atoms with Crippen LogP contribution in [0.1, 0.15) is 12.5 Å². The molecule has 1 fully saturated rings. The summed E-state index contributed by atoms with van der Waals surface area (Å²) in [5, 5.41) is 18.7. The number of piperazine rings is 1. The van der Waals surface area contributed by atoms with E-state index >= 15 is 0 Å². The lowest BCUT2D eigenvalue weighted by Crippen LogP contribution is -2.49. The van der Waals surface area contributed by atoms with Gasteiger partial charge in [-0.25, -0.2) is 0 Å². The number of hydrogen-bond donors (Lipinski definition) is 2. The first kappa shape index (κ1) is 16.0. The summed E-state index contributed by atoms with van der Waals surface area (Å²) in [6, 6.07) is 5.23. The predicted molar refractivity (Wildman–Crippen MR) is 86.1 cm³/mol. The average molecular weight is 310 g/mol. The van der Waals surface area contributed by atoms with Crippen molar-refractivity contribution >= 4 is 17.2 Å². The van der Waals surface area contributed by atoms with Gasteiger partial charge < -0.3 is 19.8 Å². The molecule has 0 atom stereocenters. The fourth-order valence-electron chi connectivity index (χ4n) is 2.42. The predicted octanol–water partition coefficient (Wildman–Crippen LogP) is 1.08. The second kappa shape index (κ2) is 7.59. The summed E-state index contributed by atoms with van der Waals surface area (Å²) in [5.74, 6) is 0.604. The quantitative estimate of drug-likeness (QED) is 0.794. The molecule has 21 heavy (non-hydrogen) atoms. The van der Waals surface area contributed by atoms with Crippen molar-refractivity contribution in [2.24, 2.45) is 0 Å². The van der Waals surface area contributed by atoms with Gasteiger partial charge in [-0.2, -0.15) is 0 Å². The largest absolute Gasteiger partial charge is 0.504 e. The molecule has 1 saturated heterocycles. The van der Waals surface area contributed by atoms with Gasteiger partial charge >= 0.3 is 0 Å². The average Bonchev–Trinajstić information content (AvgIpc) is 2.50. The molecule has 2 N–H and O–H groups in total. The first-order valence-corrected chi connectivity index (χ1v) is 7.64. The van der Waals surface area contributed by atoms with Crippen LogP contribution in [0.5, 0.6) is 11.5 Å². The maximum atomic E-state index is 9.74. The molecular formula is C15H22N2O3S. The van der Waals surface area contributed by atoms with Crippen LogP contribution in [0.3, 0.4) is 0 Å². The molecule has 0 spiro atoms. The highest BCUT2D eigenvalue weighted by Crippen LogP contribution is 2.27. The number of thiocarbonyl (C=S) groups is 1. The molecule has 0 unspecified atom stereocenters. The molecule has 0 amide bonds. The van der Waals surface area contributed by atoms with Gasteiger partial charge in [0, 0.05) is 38.3 Å². The molecular weight excluding hydrogens is 288 g/mol. The van der Waals surface area contributed by atoms with E-state index in [0.29, 0.717) is 18.9 Å². The Balaban J connectivity index is 2.02. The standard InChI is InChI=1S/C15H22N2O3S/c1-2-20-14-11-12(3-4-13(14)19)15(21)17-7-5-16(6-8-17)9-10-18/h3-4,11,18-19H,2,5-10H2,1H3. The van der Waals surface area contributed by atoms with E-state index in [1.807, 2.05) is 13.0 Å². The SMILES string of the molecule is CCOc1cc(C(=S)N2CCN(CCO)CC2)ccc1O. The second-order valence-corrected chi connectivity index (χ2v) is 5.36. The maximum Gasteiger partial charge on any atom is 0.161 e. The topological polar surface area (TPSA) is 56.2 Å². The Labute approximate surface area is 130 Å². The summed E-state index contributed by atoms with van der Waals surface area (Å²) in [6.07, 6.45) is 0. The molecule has 5 nitrogen and oxygen atoms in total. The number of benzene rings is 1. The van der Waals surface area contributed by atoms with Crippen LogP contribution in [0, 0.1) is 0 Å². The summed E-state index contributed by atoms with van der Waals surface area (Å²) in [5.41, 5.74) is 0.891. The fourth-order valence-corrected chi connectivity index (χ4v) is 2.73. The molecule has 6 heteroatoms. The third kappa shape index (κ3) is 4.06. The minimum absolute atomic E-state index is 0.135. The van der Waals surface area contributed by atoms with Gasteiger partial charge in [0.05, 0.1) is 13.2 Å². The lowest BCUT2D eigenvalue weighted by molar-refractivity contribution is 0.148. The van der Waals surface area contributed by atoms with Crippen LogP contribution < -0.4 is 4.74 Å². The number of nitrogens with zero attached hydrogens (tertiary/aromatic N) is 2. The molecule has 1 aromatic rings. The zero-order valence-electron chi connectivity index (χ0n) is 12.3. The zero-order chi connectivity index (χ0) is 15.2. The van der Waals surface area contributed by atoms with Crippen molar-refractivity contribution in [3.63, 3.8) is 0 Å². The summed E-state index contributed by atoms with van der Waals surface area (Å²) >= 11 is 5.55. The molecule has 2 rings (SSSR count). The number of phenolic OH excluding ortho intramolecular Hbond substituents is 1. The van der Waals surface area contributed by atoms with Gasteiger partial charge in [-0.3, -0.25) is 4.90 Å². The van der Waals surface area contributed by atoms with Crippen LogP contribution in [0.2, 0.25) is 0 Å². The van der Waals surface area contributed by atoms with Gasteiger partial charge in [-0.15, -0.1) is 0 Å². The summed E-state index contributed by atoms with van der Waals surface area (Å²) in [7, 11) is 0. The van der Waals surface area contributed by atoms with Crippen molar-refractivity contribution in [3.8, 4) is 11.5 Å². The molecule has 1 aromatic carbocycles. The van der Waals surface area contributed by atoms with E-state index in [1.54, 1.807) is 12.1 Å². The Morgan fingerprint density at radius 1 is 1.29 bits per heavy atom. The van der Waals surface area contributed by atoms with Crippen molar-refractivity contribution in [2.45, 2.75) is 6.92 Å². The summed E-state index contributed by atoms with van der Waals surface area (Å²) in [6.45, 7) is 6.80. The lowest BCUT2D eigenvalue weighted by Gasteiger charge is -2.36. The Morgan fingerprint density at radius 2 is 2.00 bits per heavy atom. The number of ether oxygens (including phenoxy) is 1. The molecule has 0 saturated carbocycles. The molecule has 0 bridgehead atoms. The van der Waals surface area contributed by atoms with Crippen LogP contribution in [-0.4, -0.2) is 70.9 Å². The van der Waals surface area contributed by atoms with E-state index in [0.717, 1.165) is 36.7 Å². The van der Waals surface area contributed by atoms with E-state index in [1.165, 1.54) is 0 Å². The third-order valence-corrected chi connectivity index (χ3v) is 4.08. The van der Waals surface area contributed by atoms with Crippen molar-refractivity contribution in [3.05, 3.63) is 23.8 Å². The Kier molecular flexibility index (Phi) is 5.78. The lowest BCUT2D eigenvalue weighted by atomic mass is 10.1.